The third-order valence-electron chi connectivity index (χ3n) is 10.2. The molecule has 0 aromatic carbocycles. The fraction of sp³-hybridized carbons (Fsp3) is 0.964. The first-order valence-corrected chi connectivity index (χ1v) is 13.6. The highest BCUT2D eigenvalue weighted by atomic mass is 14.6. The molecule has 29 heavy (non-hydrogen) atoms. The molecule has 0 aliphatic heterocycles. The Kier molecular flexibility index (Phi) is 7.30. The standard InChI is InChI=1S/C28H47N/c1-3-5-6-7-17-28(20-29)18-16-24-22(19-28)12-13-27-25-11-8-10-21(9-4-2)23(25)14-15-26(24)27/h21-27H,3-19H2,1-2H3/t21-,22?,23?,24?,25?,26?,27?,28-/m1/s1. The molecule has 1 nitrogen and oxygen atoms in total. The van der Waals surface area contributed by atoms with Gasteiger partial charge >= 0.3 is 0 Å². The van der Waals surface area contributed by atoms with E-state index in [4.69, 9.17) is 0 Å². The average molecular weight is 398 g/mol. The Hall–Kier alpha value is -0.510. The molecule has 0 radical (unpaired) electrons. The van der Waals surface area contributed by atoms with Crippen LogP contribution in [0.4, 0.5) is 0 Å². The Morgan fingerprint density at radius 1 is 0.759 bits per heavy atom. The summed E-state index contributed by atoms with van der Waals surface area (Å²) in [5.41, 5.74) is 0.0377. The molecular weight excluding hydrogens is 350 g/mol. The maximum atomic E-state index is 10.1. The van der Waals surface area contributed by atoms with Crippen LogP contribution in [-0.2, 0) is 0 Å². The third-order valence-corrected chi connectivity index (χ3v) is 10.2. The summed E-state index contributed by atoms with van der Waals surface area (Å²) in [7, 11) is 0. The Balaban J connectivity index is 1.39. The van der Waals surface area contributed by atoms with Crippen LogP contribution in [0.15, 0.2) is 0 Å². The third kappa shape index (κ3) is 4.43. The van der Waals surface area contributed by atoms with E-state index in [1.165, 1.54) is 96.3 Å². The Labute approximate surface area is 181 Å². The van der Waals surface area contributed by atoms with E-state index in [2.05, 4.69) is 19.9 Å². The van der Waals surface area contributed by atoms with Gasteiger partial charge in [-0.1, -0.05) is 65.2 Å². The minimum absolute atomic E-state index is 0.0377. The predicted molar refractivity (Wildman–Crippen MR) is 122 cm³/mol. The van der Waals surface area contributed by atoms with E-state index >= 15 is 0 Å². The molecule has 0 N–H and O–H groups in total. The molecular formula is C28H47N. The van der Waals surface area contributed by atoms with Crippen LogP contribution in [-0.4, -0.2) is 0 Å². The molecule has 4 aliphatic carbocycles. The minimum atomic E-state index is 0.0377. The highest BCUT2D eigenvalue weighted by Gasteiger charge is 2.52. The predicted octanol–water partition coefficient (Wildman–Crippen LogP) is 8.54. The first-order chi connectivity index (χ1) is 14.2. The van der Waals surface area contributed by atoms with Crippen molar-refractivity contribution in [1.82, 2.24) is 0 Å². The lowest BCUT2D eigenvalue weighted by Gasteiger charge is -2.57. The monoisotopic (exact) mass is 397 g/mol. The van der Waals surface area contributed by atoms with Gasteiger partial charge in [0.1, 0.15) is 0 Å². The zero-order valence-electron chi connectivity index (χ0n) is 19.5. The van der Waals surface area contributed by atoms with Crippen LogP contribution in [0.5, 0.6) is 0 Å². The van der Waals surface area contributed by atoms with Crippen LogP contribution in [0.2, 0.25) is 0 Å². The molecule has 0 aromatic heterocycles. The van der Waals surface area contributed by atoms with Gasteiger partial charge in [-0.05, 0) is 99.2 Å². The number of fused-ring (bicyclic) bond motifs is 5. The maximum Gasteiger partial charge on any atom is 0.0689 e. The van der Waals surface area contributed by atoms with Gasteiger partial charge in [-0.2, -0.15) is 5.26 Å². The van der Waals surface area contributed by atoms with Crippen LogP contribution >= 0.6 is 0 Å². The van der Waals surface area contributed by atoms with E-state index in [-0.39, 0.29) is 5.41 Å². The molecule has 0 saturated heterocycles. The summed E-state index contributed by atoms with van der Waals surface area (Å²) in [4.78, 5) is 0. The van der Waals surface area contributed by atoms with Crippen molar-refractivity contribution >= 4 is 0 Å². The van der Waals surface area contributed by atoms with E-state index in [9.17, 15) is 5.26 Å². The Morgan fingerprint density at radius 3 is 2.31 bits per heavy atom. The molecule has 4 rings (SSSR count). The van der Waals surface area contributed by atoms with Gasteiger partial charge in [-0.25, -0.2) is 0 Å². The molecule has 6 unspecified atom stereocenters. The SMILES string of the molecule is CCCCCC[C@@]1(C#N)CCC2C(CCC3C2CCC2C3CCC[C@H]2CCC)C1. The van der Waals surface area contributed by atoms with Crippen molar-refractivity contribution in [2.45, 2.75) is 123 Å². The van der Waals surface area contributed by atoms with E-state index < -0.39 is 0 Å². The van der Waals surface area contributed by atoms with Crippen molar-refractivity contribution in [2.75, 3.05) is 0 Å². The molecule has 0 heterocycles. The molecule has 0 spiro atoms. The molecule has 0 bridgehead atoms. The molecule has 0 aromatic rings. The van der Waals surface area contributed by atoms with E-state index in [0.717, 1.165) is 41.4 Å². The van der Waals surface area contributed by atoms with Crippen LogP contribution in [0, 0.1) is 58.2 Å². The van der Waals surface area contributed by atoms with Crippen molar-refractivity contribution in [3.05, 3.63) is 0 Å². The van der Waals surface area contributed by atoms with E-state index in [1.807, 2.05) is 0 Å². The van der Waals surface area contributed by atoms with E-state index in [0.29, 0.717) is 0 Å². The fourth-order valence-electron chi connectivity index (χ4n) is 8.98. The lowest BCUT2D eigenvalue weighted by molar-refractivity contribution is -0.0717. The highest BCUT2D eigenvalue weighted by Crippen LogP contribution is 2.60. The van der Waals surface area contributed by atoms with Crippen molar-refractivity contribution in [3.63, 3.8) is 0 Å². The second-order valence-electron chi connectivity index (χ2n) is 11.7. The van der Waals surface area contributed by atoms with Crippen LogP contribution in [0.1, 0.15) is 123 Å². The summed E-state index contributed by atoms with van der Waals surface area (Å²) in [6, 6.07) is 2.86. The number of nitrogens with zero attached hydrogens (tertiary/aromatic N) is 1. The quantitative estimate of drug-likeness (QED) is 0.395. The summed E-state index contributed by atoms with van der Waals surface area (Å²) < 4.78 is 0. The second kappa shape index (κ2) is 9.75. The minimum Gasteiger partial charge on any atom is -0.198 e. The summed E-state index contributed by atoms with van der Waals surface area (Å²) in [6.45, 7) is 4.68. The van der Waals surface area contributed by atoms with Gasteiger partial charge in [0.2, 0.25) is 0 Å². The van der Waals surface area contributed by atoms with Gasteiger partial charge in [0.25, 0.3) is 0 Å². The zero-order valence-corrected chi connectivity index (χ0v) is 19.5. The van der Waals surface area contributed by atoms with Crippen molar-refractivity contribution in [1.29, 1.82) is 5.26 Å². The van der Waals surface area contributed by atoms with Crippen LogP contribution in [0.25, 0.3) is 0 Å². The Bertz CT molecular complexity index is 559. The molecule has 4 saturated carbocycles. The number of unbranched alkanes of at least 4 members (excludes halogenated alkanes) is 3. The molecule has 4 aliphatic rings. The van der Waals surface area contributed by atoms with Gasteiger partial charge < -0.3 is 0 Å². The lowest BCUT2D eigenvalue weighted by atomic mass is 9.48. The molecule has 1 heteroatoms. The summed E-state index contributed by atoms with van der Waals surface area (Å²) in [5, 5.41) is 10.1. The van der Waals surface area contributed by atoms with Crippen molar-refractivity contribution < 1.29 is 0 Å². The van der Waals surface area contributed by atoms with Crippen LogP contribution < -0.4 is 0 Å². The van der Waals surface area contributed by atoms with Gasteiger partial charge in [0, 0.05) is 0 Å². The summed E-state index contributed by atoms with van der Waals surface area (Å²) >= 11 is 0. The summed E-state index contributed by atoms with van der Waals surface area (Å²) in [5.74, 6) is 7.11. The van der Waals surface area contributed by atoms with Gasteiger partial charge in [-0.3, -0.25) is 0 Å². The van der Waals surface area contributed by atoms with Crippen LogP contribution in [0.3, 0.4) is 0 Å². The smallest absolute Gasteiger partial charge is 0.0689 e. The van der Waals surface area contributed by atoms with E-state index in [1.54, 1.807) is 12.8 Å². The first kappa shape index (κ1) is 21.7. The number of hydrogen-bond acceptors (Lipinski definition) is 1. The topological polar surface area (TPSA) is 23.8 Å². The molecule has 8 atom stereocenters. The summed E-state index contributed by atoms with van der Waals surface area (Å²) in [6.07, 6.45) is 23.8. The molecule has 164 valence electrons. The number of hydrogen-bond donors (Lipinski definition) is 0. The number of nitriles is 1. The molecule has 0 amide bonds. The maximum absolute atomic E-state index is 10.1. The average Bonchev–Trinajstić information content (AvgIpc) is 2.76. The van der Waals surface area contributed by atoms with Gasteiger partial charge in [0.05, 0.1) is 11.5 Å². The van der Waals surface area contributed by atoms with Gasteiger partial charge in [0.15, 0.2) is 0 Å². The number of rotatable bonds is 7. The first-order valence-electron chi connectivity index (χ1n) is 13.6. The highest BCUT2D eigenvalue weighted by molar-refractivity contribution is 5.07. The zero-order chi connectivity index (χ0) is 20.3. The largest absolute Gasteiger partial charge is 0.198 e. The van der Waals surface area contributed by atoms with Gasteiger partial charge in [-0.15, -0.1) is 0 Å². The molecule has 4 fully saturated rings. The lowest BCUT2D eigenvalue weighted by Crippen LogP contribution is -2.49. The second-order valence-corrected chi connectivity index (χ2v) is 11.7. The normalized spacial score (nSPS) is 44.2. The van der Waals surface area contributed by atoms with Crippen molar-refractivity contribution in [2.24, 2.45) is 46.8 Å². The van der Waals surface area contributed by atoms with Crippen molar-refractivity contribution in [3.8, 4) is 6.07 Å². The fourth-order valence-corrected chi connectivity index (χ4v) is 8.98. The Morgan fingerprint density at radius 2 is 1.52 bits per heavy atom.